The van der Waals surface area contributed by atoms with E-state index in [1.54, 1.807) is 0 Å². The molecule has 0 amide bonds. The molecule has 3 aliphatic rings. The van der Waals surface area contributed by atoms with Crippen molar-refractivity contribution in [1.29, 1.82) is 5.41 Å². The van der Waals surface area contributed by atoms with E-state index in [4.69, 9.17) is 5.41 Å². The van der Waals surface area contributed by atoms with Crippen molar-refractivity contribution in [3.05, 3.63) is 0 Å². The number of fused-ring (bicyclic) bond motifs is 3. The van der Waals surface area contributed by atoms with Crippen LogP contribution in [0.4, 0.5) is 0 Å². The summed E-state index contributed by atoms with van der Waals surface area (Å²) in [5.41, 5.74) is 1.65. The Balaban J connectivity index is 1.89. The van der Waals surface area contributed by atoms with Crippen LogP contribution in [0.3, 0.4) is 0 Å². The molecule has 0 aliphatic heterocycles. The highest BCUT2D eigenvalue weighted by Gasteiger charge is 2.59. The summed E-state index contributed by atoms with van der Waals surface area (Å²) in [5, 5.41) is 8.26. The van der Waals surface area contributed by atoms with Crippen molar-refractivity contribution in [3.8, 4) is 0 Å². The maximum atomic E-state index is 11.3. The predicted molar refractivity (Wildman–Crippen MR) is 100 cm³/mol. The quantitative estimate of drug-likeness (QED) is 0.495. The van der Waals surface area contributed by atoms with Crippen molar-refractivity contribution < 1.29 is 4.79 Å². The third-order valence-corrected chi connectivity index (χ3v) is 8.76. The monoisotopic (exact) mass is 331 g/mol. The minimum Gasteiger partial charge on any atom is -0.310 e. The van der Waals surface area contributed by atoms with Gasteiger partial charge in [0, 0.05) is 18.1 Å². The van der Waals surface area contributed by atoms with Crippen LogP contribution in [0.1, 0.15) is 85.5 Å². The van der Waals surface area contributed by atoms with Gasteiger partial charge in [-0.25, -0.2) is 0 Å². The lowest BCUT2D eigenvalue weighted by Crippen LogP contribution is -2.52. The molecular weight excluding hydrogens is 294 g/mol. The molecule has 0 aromatic rings. The highest BCUT2D eigenvalue weighted by Crippen LogP contribution is 2.66. The van der Waals surface area contributed by atoms with Crippen molar-refractivity contribution in [2.75, 3.05) is 0 Å². The van der Waals surface area contributed by atoms with Gasteiger partial charge in [-0.15, -0.1) is 0 Å². The first-order valence-corrected chi connectivity index (χ1v) is 10.4. The summed E-state index contributed by atoms with van der Waals surface area (Å²) < 4.78 is 0. The molecule has 3 fully saturated rings. The van der Waals surface area contributed by atoms with Gasteiger partial charge in [0.1, 0.15) is 6.29 Å². The Hall–Kier alpha value is -0.660. The van der Waals surface area contributed by atoms with Crippen molar-refractivity contribution in [2.45, 2.75) is 85.5 Å². The molecule has 2 heteroatoms. The molecule has 3 aliphatic carbocycles. The smallest absolute Gasteiger partial charge is 0.120 e. The van der Waals surface area contributed by atoms with Gasteiger partial charge in [-0.3, -0.25) is 0 Å². The highest BCUT2D eigenvalue weighted by atomic mass is 16.1. The normalized spacial score (nSPS) is 47.8. The second kappa shape index (κ2) is 6.57. The molecule has 3 saturated carbocycles. The average molecular weight is 332 g/mol. The van der Waals surface area contributed by atoms with Crippen LogP contribution in [-0.4, -0.2) is 12.0 Å². The van der Waals surface area contributed by atoms with Crippen molar-refractivity contribution in [1.82, 2.24) is 0 Å². The number of rotatable bonds is 5. The van der Waals surface area contributed by atoms with Gasteiger partial charge in [0.2, 0.25) is 0 Å². The molecule has 0 aromatic heterocycles. The highest BCUT2D eigenvalue weighted by molar-refractivity contribution is 5.82. The molecule has 7 unspecified atom stereocenters. The van der Waals surface area contributed by atoms with Crippen LogP contribution in [-0.2, 0) is 4.79 Å². The maximum absolute atomic E-state index is 11.3. The van der Waals surface area contributed by atoms with Crippen LogP contribution < -0.4 is 0 Å². The number of nitrogens with one attached hydrogen (secondary N) is 1. The standard InChI is InChI=1S/C22H37NO/c1-5-12-21(3)16(11-14-24)6-7-17-19-9-8-18(15(2)23)22(19,4)13-10-20(17)21/h14,16-20,23H,5-13H2,1-4H3. The van der Waals surface area contributed by atoms with E-state index in [1.807, 2.05) is 6.92 Å². The van der Waals surface area contributed by atoms with Crippen molar-refractivity contribution >= 4 is 12.0 Å². The molecule has 1 N–H and O–H groups in total. The van der Waals surface area contributed by atoms with Gasteiger partial charge in [-0.2, -0.15) is 0 Å². The molecule has 0 saturated heterocycles. The lowest BCUT2D eigenvalue weighted by Gasteiger charge is -2.59. The molecule has 3 rings (SSSR count). The van der Waals surface area contributed by atoms with E-state index >= 15 is 0 Å². The van der Waals surface area contributed by atoms with E-state index in [-0.39, 0.29) is 0 Å². The summed E-state index contributed by atoms with van der Waals surface area (Å²) in [7, 11) is 0. The first kappa shape index (κ1) is 18.1. The molecule has 0 spiro atoms. The van der Waals surface area contributed by atoms with E-state index in [2.05, 4.69) is 20.8 Å². The molecule has 136 valence electrons. The second-order valence-electron chi connectivity index (χ2n) is 9.67. The predicted octanol–water partition coefficient (Wildman–Crippen LogP) is 5.89. The summed E-state index contributed by atoms with van der Waals surface area (Å²) in [5.74, 6) is 3.58. The van der Waals surface area contributed by atoms with Crippen LogP contribution >= 0.6 is 0 Å². The average Bonchev–Trinajstić information content (AvgIpc) is 2.88. The number of aldehydes is 1. The molecule has 24 heavy (non-hydrogen) atoms. The lowest BCUT2D eigenvalue weighted by atomic mass is 9.46. The number of hydrogen-bond donors (Lipinski definition) is 1. The van der Waals surface area contributed by atoms with Gasteiger partial charge in [0.15, 0.2) is 0 Å². The second-order valence-corrected chi connectivity index (χ2v) is 9.67. The van der Waals surface area contributed by atoms with Crippen LogP contribution in [0.2, 0.25) is 0 Å². The van der Waals surface area contributed by atoms with Crippen molar-refractivity contribution in [2.24, 2.45) is 40.4 Å². The Morgan fingerprint density at radius 3 is 2.50 bits per heavy atom. The zero-order valence-corrected chi connectivity index (χ0v) is 16.2. The summed E-state index contributed by atoms with van der Waals surface area (Å²) in [6, 6.07) is 0. The lowest BCUT2D eigenvalue weighted by molar-refractivity contribution is -0.118. The zero-order chi connectivity index (χ0) is 17.5. The molecule has 7 atom stereocenters. The first-order valence-electron chi connectivity index (χ1n) is 10.4. The van der Waals surface area contributed by atoms with Gasteiger partial charge in [0.05, 0.1) is 0 Å². The fourth-order valence-corrected chi connectivity index (χ4v) is 7.68. The third kappa shape index (κ3) is 2.59. The molecule has 0 heterocycles. The minimum absolute atomic E-state index is 0.359. The Morgan fingerprint density at radius 2 is 1.88 bits per heavy atom. The molecule has 0 aromatic carbocycles. The summed E-state index contributed by atoms with van der Waals surface area (Å²) >= 11 is 0. The van der Waals surface area contributed by atoms with Crippen LogP contribution in [0.25, 0.3) is 0 Å². The Morgan fingerprint density at radius 1 is 1.12 bits per heavy atom. The van der Waals surface area contributed by atoms with E-state index in [0.29, 0.717) is 22.7 Å². The Bertz CT molecular complexity index is 500. The largest absolute Gasteiger partial charge is 0.310 e. The van der Waals surface area contributed by atoms with Gasteiger partial charge < -0.3 is 10.2 Å². The molecular formula is C22H37NO. The number of hydrogen-bond acceptors (Lipinski definition) is 2. The van der Waals surface area contributed by atoms with E-state index in [9.17, 15) is 4.79 Å². The maximum Gasteiger partial charge on any atom is 0.120 e. The summed E-state index contributed by atoms with van der Waals surface area (Å²) in [4.78, 5) is 11.3. The topological polar surface area (TPSA) is 40.9 Å². The fraction of sp³-hybridized carbons (Fsp3) is 0.909. The third-order valence-electron chi connectivity index (χ3n) is 8.76. The van der Waals surface area contributed by atoms with Gasteiger partial charge in [0.25, 0.3) is 0 Å². The minimum atomic E-state index is 0.359. The van der Waals surface area contributed by atoms with E-state index in [0.717, 1.165) is 29.9 Å². The van der Waals surface area contributed by atoms with Crippen LogP contribution in [0.5, 0.6) is 0 Å². The molecule has 2 nitrogen and oxygen atoms in total. The molecule has 0 bridgehead atoms. The van der Waals surface area contributed by atoms with Crippen LogP contribution in [0, 0.1) is 45.8 Å². The number of carbonyl (C=O) groups excluding carboxylic acids is 1. The van der Waals surface area contributed by atoms with Gasteiger partial charge in [-0.1, -0.05) is 27.2 Å². The zero-order valence-electron chi connectivity index (χ0n) is 16.2. The van der Waals surface area contributed by atoms with E-state index < -0.39 is 0 Å². The Kier molecular flexibility index (Phi) is 4.97. The van der Waals surface area contributed by atoms with Crippen LogP contribution in [0.15, 0.2) is 0 Å². The molecule has 0 radical (unpaired) electrons. The fourth-order valence-electron chi connectivity index (χ4n) is 7.68. The number of carbonyl (C=O) groups is 1. The summed E-state index contributed by atoms with van der Waals surface area (Å²) in [6.07, 6.45) is 12.2. The van der Waals surface area contributed by atoms with Crippen molar-refractivity contribution in [3.63, 3.8) is 0 Å². The van der Waals surface area contributed by atoms with Gasteiger partial charge in [-0.05, 0) is 86.4 Å². The first-order chi connectivity index (χ1) is 11.4. The van der Waals surface area contributed by atoms with Gasteiger partial charge >= 0.3 is 0 Å². The van der Waals surface area contributed by atoms with E-state index in [1.165, 1.54) is 57.7 Å². The summed E-state index contributed by atoms with van der Waals surface area (Å²) in [6.45, 7) is 9.35. The SMILES string of the molecule is CCCC1(C)C(CC=O)CCC2C1CCC1(C)C(C(C)=N)CCC21. The Labute approximate surface area is 148 Å².